The van der Waals surface area contributed by atoms with Gasteiger partial charge in [-0.25, -0.2) is 0 Å². The highest BCUT2D eigenvalue weighted by atomic mass is 16.4. The summed E-state index contributed by atoms with van der Waals surface area (Å²) in [5, 5.41) is 8.74. The molecule has 1 aromatic rings. The lowest BCUT2D eigenvalue weighted by atomic mass is 9.84. The van der Waals surface area contributed by atoms with Gasteiger partial charge < -0.3 is 10.0 Å². The number of carboxylic acids is 1. The molecule has 1 rings (SSSR count). The zero-order valence-corrected chi connectivity index (χ0v) is 13.6. The molecule has 3 nitrogen and oxygen atoms in total. The van der Waals surface area contributed by atoms with Crippen molar-refractivity contribution in [1.29, 1.82) is 0 Å². The first-order valence-corrected chi connectivity index (χ1v) is 7.12. The average Bonchev–Trinajstić information content (AvgIpc) is 2.29. The van der Waals surface area contributed by atoms with Crippen LogP contribution in [0.4, 0.5) is 0 Å². The first-order valence-electron chi connectivity index (χ1n) is 7.12. The first-order chi connectivity index (χ1) is 9.11. The van der Waals surface area contributed by atoms with Crippen LogP contribution in [0.2, 0.25) is 0 Å². The van der Waals surface area contributed by atoms with Crippen molar-refractivity contribution < 1.29 is 9.90 Å². The van der Waals surface area contributed by atoms with Gasteiger partial charge in [-0.15, -0.1) is 0 Å². The van der Waals surface area contributed by atoms with Gasteiger partial charge in [0.1, 0.15) is 0 Å². The Morgan fingerprint density at radius 3 is 2.10 bits per heavy atom. The zero-order chi connectivity index (χ0) is 15.5. The third-order valence-electron chi connectivity index (χ3n) is 3.70. The number of aryl methyl sites for hydroxylation is 2. The van der Waals surface area contributed by atoms with Gasteiger partial charge in [0.2, 0.25) is 0 Å². The molecule has 20 heavy (non-hydrogen) atoms. The van der Waals surface area contributed by atoms with Gasteiger partial charge in [-0.05, 0) is 48.6 Å². The molecule has 0 unspecified atom stereocenters. The van der Waals surface area contributed by atoms with Crippen LogP contribution in [0.1, 0.15) is 49.4 Å². The molecule has 0 bridgehead atoms. The van der Waals surface area contributed by atoms with E-state index < -0.39 is 5.97 Å². The Hall–Kier alpha value is -1.35. The van der Waals surface area contributed by atoms with Crippen LogP contribution in [0.3, 0.4) is 0 Å². The Balaban J connectivity index is 2.89. The van der Waals surface area contributed by atoms with E-state index in [4.69, 9.17) is 5.11 Å². The van der Waals surface area contributed by atoms with Crippen LogP contribution in [0, 0.1) is 13.8 Å². The van der Waals surface area contributed by atoms with Crippen molar-refractivity contribution >= 4 is 5.97 Å². The van der Waals surface area contributed by atoms with Gasteiger partial charge in [0, 0.05) is 13.1 Å². The van der Waals surface area contributed by atoms with E-state index in [1.54, 1.807) is 0 Å². The summed E-state index contributed by atoms with van der Waals surface area (Å²) in [5.41, 5.74) is 5.40. The van der Waals surface area contributed by atoms with Gasteiger partial charge in [0.05, 0.1) is 6.42 Å². The predicted octanol–water partition coefficient (Wildman–Crippen LogP) is 3.51. The van der Waals surface area contributed by atoms with Gasteiger partial charge in [-0.1, -0.05) is 32.9 Å². The minimum absolute atomic E-state index is 0.156. The van der Waals surface area contributed by atoms with Gasteiger partial charge >= 0.3 is 5.97 Å². The van der Waals surface area contributed by atoms with Crippen molar-refractivity contribution in [2.75, 3.05) is 13.6 Å². The summed E-state index contributed by atoms with van der Waals surface area (Å²) in [6, 6.07) is 4.51. The second-order valence-electron chi connectivity index (χ2n) is 6.72. The molecule has 1 N–H and O–H groups in total. The summed E-state index contributed by atoms with van der Waals surface area (Å²) in [5.74, 6) is -0.742. The summed E-state index contributed by atoms with van der Waals surface area (Å²) in [7, 11) is 1.97. The van der Waals surface area contributed by atoms with E-state index in [1.807, 2.05) is 7.05 Å². The van der Waals surface area contributed by atoms with E-state index in [9.17, 15) is 4.79 Å². The third kappa shape index (κ3) is 4.64. The van der Waals surface area contributed by atoms with Crippen LogP contribution < -0.4 is 0 Å². The number of rotatable bonds is 5. The minimum atomic E-state index is -0.742. The fourth-order valence-electron chi connectivity index (χ4n) is 2.31. The first kappa shape index (κ1) is 16.7. The lowest BCUT2D eigenvalue weighted by molar-refractivity contribution is -0.137. The fraction of sp³-hybridized carbons (Fsp3) is 0.588. The molecule has 0 fully saturated rings. The van der Waals surface area contributed by atoms with Crippen LogP contribution >= 0.6 is 0 Å². The highest BCUT2D eigenvalue weighted by molar-refractivity contribution is 5.66. The molecule has 0 saturated carbocycles. The molecule has 0 heterocycles. The van der Waals surface area contributed by atoms with Gasteiger partial charge in [0.25, 0.3) is 0 Å². The fourth-order valence-corrected chi connectivity index (χ4v) is 2.31. The maximum Gasteiger partial charge on any atom is 0.304 e. The molecule has 0 spiro atoms. The van der Waals surface area contributed by atoms with Gasteiger partial charge in [-0.3, -0.25) is 4.79 Å². The molecular weight excluding hydrogens is 250 g/mol. The van der Waals surface area contributed by atoms with E-state index in [1.165, 1.54) is 22.3 Å². The SMILES string of the molecule is Cc1cc(C(C)(C)C)cc(C)c1CN(C)CCC(=O)O. The maximum absolute atomic E-state index is 10.6. The Kier molecular flexibility index (Phi) is 5.35. The van der Waals surface area contributed by atoms with Crippen molar-refractivity contribution in [2.45, 2.75) is 53.0 Å². The van der Waals surface area contributed by atoms with E-state index in [0.717, 1.165) is 6.54 Å². The second-order valence-corrected chi connectivity index (χ2v) is 6.72. The smallest absolute Gasteiger partial charge is 0.304 e. The van der Waals surface area contributed by atoms with E-state index >= 15 is 0 Å². The van der Waals surface area contributed by atoms with E-state index in [0.29, 0.717) is 6.54 Å². The van der Waals surface area contributed by atoms with Gasteiger partial charge in [0.15, 0.2) is 0 Å². The van der Waals surface area contributed by atoms with Crippen LogP contribution in [0.15, 0.2) is 12.1 Å². The maximum atomic E-state index is 10.6. The Morgan fingerprint density at radius 2 is 1.70 bits per heavy atom. The molecule has 0 radical (unpaired) electrons. The zero-order valence-electron chi connectivity index (χ0n) is 13.6. The Morgan fingerprint density at radius 1 is 1.20 bits per heavy atom. The van der Waals surface area contributed by atoms with E-state index in [2.05, 4.69) is 51.7 Å². The van der Waals surface area contributed by atoms with Crippen molar-refractivity contribution in [3.05, 3.63) is 34.4 Å². The number of nitrogens with zero attached hydrogens (tertiary/aromatic N) is 1. The summed E-state index contributed by atoms with van der Waals surface area (Å²) in [4.78, 5) is 12.7. The van der Waals surface area contributed by atoms with Crippen LogP contribution in [-0.4, -0.2) is 29.6 Å². The lowest BCUT2D eigenvalue weighted by Gasteiger charge is -2.24. The summed E-state index contributed by atoms with van der Waals surface area (Å²) >= 11 is 0. The molecule has 3 heteroatoms. The quantitative estimate of drug-likeness (QED) is 0.895. The number of carbonyl (C=O) groups is 1. The second kappa shape index (κ2) is 6.40. The summed E-state index contributed by atoms with van der Waals surface area (Å²) in [6.45, 7) is 12.3. The molecule has 0 saturated heterocycles. The van der Waals surface area contributed by atoms with Gasteiger partial charge in [-0.2, -0.15) is 0 Å². The third-order valence-corrected chi connectivity index (χ3v) is 3.70. The van der Waals surface area contributed by atoms with Crippen molar-refractivity contribution in [3.8, 4) is 0 Å². The van der Waals surface area contributed by atoms with Crippen molar-refractivity contribution in [3.63, 3.8) is 0 Å². The molecule has 0 amide bonds. The summed E-state index contributed by atoms with van der Waals surface area (Å²) < 4.78 is 0. The number of hydrogen-bond acceptors (Lipinski definition) is 2. The molecule has 1 aromatic carbocycles. The summed E-state index contributed by atoms with van der Waals surface area (Å²) in [6.07, 6.45) is 0.189. The topological polar surface area (TPSA) is 40.5 Å². The number of hydrogen-bond donors (Lipinski definition) is 1. The molecule has 0 aliphatic heterocycles. The number of aliphatic carboxylic acids is 1. The lowest BCUT2D eigenvalue weighted by Crippen LogP contribution is -2.22. The highest BCUT2D eigenvalue weighted by Gasteiger charge is 2.16. The molecule has 0 aliphatic carbocycles. The number of carboxylic acid groups (broad SMARTS) is 1. The average molecular weight is 277 g/mol. The predicted molar refractivity (Wildman–Crippen MR) is 83.2 cm³/mol. The monoisotopic (exact) mass is 277 g/mol. The minimum Gasteiger partial charge on any atom is -0.481 e. The largest absolute Gasteiger partial charge is 0.481 e. The van der Waals surface area contributed by atoms with Crippen LogP contribution in [0.25, 0.3) is 0 Å². The molecular formula is C17H27NO2. The molecule has 0 aromatic heterocycles. The Bertz CT molecular complexity index is 463. The molecule has 0 aliphatic rings. The van der Waals surface area contributed by atoms with Crippen LogP contribution in [0.5, 0.6) is 0 Å². The molecule has 0 atom stereocenters. The molecule has 112 valence electrons. The van der Waals surface area contributed by atoms with Crippen LogP contribution in [-0.2, 0) is 16.8 Å². The highest BCUT2D eigenvalue weighted by Crippen LogP contribution is 2.27. The number of benzene rings is 1. The normalized spacial score (nSPS) is 11.9. The van der Waals surface area contributed by atoms with E-state index in [-0.39, 0.29) is 11.8 Å². The van der Waals surface area contributed by atoms with Crippen molar-refractivity contribution in [1.82, 2.24) is 4.90 Å². The van der Waals surface area contributed by atoms with Crippen molar-refractivity contribution in [2.24, 2.45) is 0 Å². The Labute approximate surface area is 122 Å². The standard InChI is InChI=1S/C17H27NO2/c1-12-9-14(17(3,4)5)10-13(2)15(12)11-18(6)8-7-16(19)20/h9-10H,7-8,11H2,1-6H3,(H,19,20).